The Hall–Kier alpha value is -0.640. The minimum absolute atomic E-state index is 0.100. The van der Waals surface area contributed by atoms with Crippen LogP contribution in [0.2, 0.25) is 0 Å². The van der Waals surface area contributed by atoms with Crippen molar-refractivity contribution in [1.82, 2.24) is 10.6 Å². The number of nitrogens with one attached hydrogen (secondary N) is 2. The van der Waals surface area contributed by atoms with Gasteiger partial charge in [0.25, 0.3) is 0 Å². The molecule has 0 fully saturated rings. The van der Waals surface area contributed by atoms with Gasteiger partial charge < -0.3 is 10.6 Å². The average molecular weight is 174 g/mol. The summed E-state index contributed by atoms with van der Waals surface area (Å²) in [7, 11) is 0. The molecule has 0 heterocycles. The quantitative estimate of drug-likeness (QED) is 0.484. The Morgan fingerprint density at radius 2 is 2.27 bits per heavy atom. The monoisotopic (exact) mass is 174 g/mol. The van der Waals surface area contributed by atoms with Crippen LogP contribution in [0.4, 0.5) is 4.79 Å². The number of carbonyl (C=O) groups is 1. The minimum atomic E-state index is -0.100. The zero-order chi connectivity index (χ0) is 8.53. The second-order valence-corrected chi connectivity index (χ2v) is 2.43. The van der Waals surface area contributed by atoms with E-state index in [1.807, 2.05) is 6.92 Å². The molecule has 0 bridgehead atoms. The third-order valence-electron chi connectivity index (χ3n) is 1.12. The zero-order valence-electron chi connectivity index (χ0n) is 6.72. The predicted octanol–water partition coefficient (Wildman–Crippen LogP) is 1.09. The van der Waals surface area contributed by atoms with Gasteiger partial charge in [-0.15, -0.1) is 0 Å². The van der Waals surface area contributed by atoms with Crippen molar-refractivity contribution >= 4 is 23.6 Å². The second-order valence-electron chi connectivity index (χ2n) is 2.10. The highest BCUT2D eigenvalue weighted by atomic mass is 32.1. The van der Waals surface area contributed by atoms with E-state index in [-0.39, 0.29) is 6.03 Å². The second kappa shape index (κ2) is 7.47. The predicted molar refractivity (Wildman–Crippen MR) is 50.0 cm³/mol. The Labute approximate surface area is 72.5 Å². The fourth-order valence-corrected chi connectivity index (χ4v) is 0.777. The summed E-state index contributed by atoms with van der Waals surface area (Å²) in [5, 5.41) is 7.02. The van der Waals surface area contributed by atoms with E-state index in [0.29, 0.717) is 13.1 Å². The minimum Gasteiger partial charge on any atom is -0.338 e. The molecule has 4 heteroatoms. The number of urea groups is 1. The molecule has 0 unspecified atom stereocenters. The molecule has 0 aliphatic rings. The molecule has 0 atom stereocenters. The van der Waals surface area contributed by atoms with Gasteiger partial charge in [0.1, 0.15) is 0 Å². The molecule has 0 saturated carbocycles. The van der Waals surface area contributed by atoms with Gasteiger partial charge in [0.2, 0.25) is 0 Å². The van der Waals surface area contributed by atoms with Crippen LogP contribution in [0.1, 0.15) is 19.8 Å². The molecule has 0 aliphatic carbocycles. The van der Waals surface area contributed by atoms with Crippen molar-refractivity contribution < 1.29 is 4.79 Å². The summed E-state index contributed by atoms with van der Waals surface area (Å²) in [6.45, 7) is 3.24. The van der Waals surface area contributed by atoms with Crippen LogP contribution in [0.5, 0.6) is 0 Å². The normalized spacial score (nSPS) is 8.82. The average Bonchev–Trinajstić information content (AvgIpc) is 1.99. The molecular formula is C7H14N2OS. The standard InChI is InChI=1S/C7H14N2OS/c1-2-8-7(10)9-5-3-4-6-11/h6H,2-5H2,1H3,(H2,8,9,10). The first-order valence-electron chi connectivity index (χ1n) is 3.76. The van der Waals surface area contributed by atoms with Crippen LogP contribution >= 0.6 is 12.2 Å². The first-order valence-corrected chi connectivity index (χ1v) is 4.23. The number of hydrogen-bond acceptors (Lipinski definition) is 2. The Morgan fingerprint density at radius 1 is 1.55 bits per heavy atom. The molecule has 0 aliphatic heterocycles. The van der Waals surface area contributed by atoms with E-state index >= 15 is 0 Å². The zero-order valence-corrected chi connectivity index (χ0v) is 7.54. The van der Waals surface area contributed by atoms with Gasteiger partial charge >= 0.3 is 6.03 Å². The summed E-state index contributed by atoms with van der Waals surface area (Å²) >= 11 is 4.63. The van der Waals surface area contributed by atoms with E-state index in [4.69, 9.17) is 0 Å². The molecule has 0 aromatic rings. The van der Waals surface area contributed by atoms with E-state index in [1.165, 1.54) is 0 Å². The van der Waals surface area contributed by atoms with Gasteiger partial charge in [-0.25, -0.2) is 4.79 Å². The summed E-state index contributed by atoms with van der Waals surface area (Å²) in [5.41, 5.74) is 0. The van der Waals surface area contributed by atoms with Crippen LogP contribution < -0.4 is 10.6 Å². The summed E-state index contributed by atoms with van der Waals surface area (Å²) in [6.07, 6.45) is 1.79. The molecule has 2 N–H and O–H groups in total. The number of unbranched alkanes of at least 4 members (excludes halogenated alkanes) is 1. The summed E-state index contributed by atoms with van der Waals surface area (Å²) in [4.78, 5) is 10.7. The first-order chi connectivity index (χ1) is 5.31. The van der Waals surface area contributed by atoms with E-state index in [2.05, 4.69) is 22.9 Å². The lowest BCUT2D eigenvalue weighted by molar-refractivity contribution is 0.241. The maximum atomic E-state index is 10.7. The molecule has 2 amide bonds. The smallest absolute Gasteiger partial charge is 0.314 e. The Morgan fingerprint density at radius 3 is 2.82 bits per heavy atom. The van der Waals surface area contributed by atoms with E-state index in [0.717, 1.165) is 12.8 Å². The van der Waals surface area contributed by atoms with Crippen molar-refractivity contribution in [2.75, 3.05) is 13.1 Å². The fourth-order valence-electron chi connectivity index (χ4n) is 0.610. The SMILES string of the molecule is CCNC(=O)NCCCC=S. The first kappa shape index (κ1) is 10.4. The Bertz CT molecular complexity index is 128. The number of thiocarbonyl (C=S) groups is 1. The molecule has 0 spiro atoms. The molecule has 3 nitrogen and oxygen atoms in total. The summed E-state index contributed by atoms with van der Waals surface area (Å²) < 4.78 is 0. The van der Waals surface area contributed by atoms with Gasteiger partial charge in [0.05, 0.1) is 0 Å². The maximum absolute atomic E-state index is 10.7. The van der Waals surface area contributed by atoms with Crippen molar-refractivity contribution in [3.8, 4) is 0 Å². The molecule has 11 heavy (non-hydrogen) atoms. The highest BCUT2D eigenvalue weighted by Gasteiger charge is 1.93. The van der Waals surface area contributed by atoms with Crippen molar-refractivity contribution in [2.45, 2.75) is 19.8 Å². The highest BCUT2D eigenvalue weighted by molar-refractivity contribution is 7.78. The van der Waals surface area contributed by atoms with Gasteiger partial charge in [0, 0.05) is 13.1 Å². The number of rotatable bonds is 5. The Balaban J connectivity index is 3.10. The van der Waals surface area contributed by atoms with Gasteiger partial charge in [-0.2, -0.15) is 0 Å². The van der Waals surface area contributed by atoms with E-state index in [1.54, 1.807) is 5.37 Å². The lowest BCUT2D eigenvalue weighted by atomic mass is 10.3. The molecule has 0 radical (unpaired) electrons. The van der Waals surface area contributed by atoms with E-state index in [9.17, 15) is 4.79 Å². The lowest BCUT2D eigenvalue weighted by Gasteiger charge is -2.03. The third kappa shape index (κ3) is 7.25. The van der Waals surface area contributed by atoms with Gasteiger partial charge in [-0.1, -0.05) is 12.2 Å². The van der Waals surface area contributed by atoms with Crippen LogP contribution in [-0.2, 0) is 0 Å². The molecule has 0 aromatic heterocycles. The van der Waals surface area contributed by atoms with Crippen LogP contribution in [0.25, 0.3) is 0 Å². The van der Waals surface area contributed by atoms with Gasteiger partial charge in [-0.05, 0) is 25.1 Å². The largest absolute Gasteiger partial charge is 0.338 e. The van der Waals surface area contributed by atoms with Crippen LogP contribution in [0.15, 0.2) is 0 Å². The molecular weight excluding hydrogens is 160 g/mol. The summed E-state index contributed by atoms with van der Waals surface area (Å²) in [6, 6.07) is -0.100. The van der Waals surface area contributed by atoms with E-state index < -0.39 is 0 Å². The topological polar surface area (TPSA) is 41.1 Å². The summed E-state index contributed by atoms with van der Waals surface area (Å²) in [5.74, 6) is 0. The number of hydrogen-bond donors (Lipinski definition) is 2. The van der Waals surface area contributed by atoms with Crippen LogP contribution in [-0.4, -0.2) is 24.5 Å². The van der Waals surface area contributed by atoms with Crippen molar-refractivity contribution in [2.24, 2.45) is 0 Å². The fraction of sp³-hybridized carbons (Fsp3) is 0.714. The molecule has 64 valence electrons. The maximum Gasteiger partial charge on any atom is 0.314 e. The molecule has 0 aromatic carbocycles. The van der Waals surface area contributed by atoms with Crippen molar-refractivity contribution in [1.29, 1.82) is 0 Å². The third-order valence-corrected chi connectivity index (χ3v) is 1.36. The van der Waals surface area contributed by atoms with Crippen LogP contribution in [0, 0.1) is 0 Å². The lowest BCUT2D eigenvalue weighted by Crippen LogP contribution is -2.35. The van der Waals surface area contributed by atoms with Crippen molar-refractivity contribution in [3.63, 3.8) is 0 Å². The highest BCUT2D eigenvalue weighted by Crippen LogP contribution is 1.81. The van der Waals surface area contributed by atoms with Crippen LogP contribution in [0.3, 0.4) is 0 Å². The van der Waals surface area contributed by atoms with Crippen molar-refractivity contribution in [3.05, 3.63) is 0 Å². The van der Waals surface area contributed by atoms with Gasteiger partial charge in [-0.3, -0.25) is 0 Å². The molecule has 0 rings (SSSR count). The molecule has 0 saturated heterocycles. The van der Waals surface area contributed by atoms with Gasteiger partial charge in [0.15, 0.2) is 0 Å². The Kier molecular flexibility index (Phi) is 7.03. The number of carbonyl (C=O) groups excluding carboxylic acids is 1. The number of amides is 2.